The lowest BCUT2D eigenvalue weighted by atomic mass is 9.76. The van der Waals surface area contributed by atoms with Crippen molar-refractivity contribution in [2.24, 2.45) is 0 Å². The zero-order valence-electron chi connectivity index (χ0n) is 15.1. The molecule has 2 heterocycles. The molecule has 3 heteroatoms. The molecule has 0 bridgehead atoms. The van der Waals surface area contributed by atoms with Gasteiger partial charge >= 0.3 is 0 Å². The number of phenols is 1. The Morgan fingerprint density at radius 3 is 2.72 bits per heavy atom. The molecule has 3 nitrogen and oxygen atoms in total. The molecule has 2 aliphatic rings. The zero-order valence-corrected chi connectivity index (χ0v) is 15.1. The van der Waals surface area contributed by atoms with E-state index in [1.807, 2.05) is 6.07 Å². The SMILES string of the molecule is CCCCN1c2ccccc2C(C)(C)C12C=Cc1cc(O)ccc1O2. The molecule has 0 radical (unpaired) electrons. The number of hydrogen-bond acceptors (Lipinski definition) is 3. The molecular weight excluding hydrogens is 310 g/mol. The Labute approximate surface area is 149 Å². The highest BCUT2D eigenvalue weighted by atomic mass is 16.5. The van der Waals surface area contributed by atoms with Crippen molar-refractivity contribution in [2.75, 3.05) is 11.4 Å². The molecule has 25 heavy (non-hydrogen) atoms. The van der Waals surface area contributed by atoms with E-state index in [9.17, 15) is 5.11 Å². The molecule has 1 spiro atoms. The lowest BCUT2D eigenvalue weighted by molar-refractivity contribution is 0.0532. The van der Waals surface area contributed by atoms with Crippen LogP contribution in [0.1, 0.15) is 44.7 Å². The number of nitrogens with zero attached hydrogens (tertiary/aromatic N) is 1. The molecule has 2 aliphatic heterocycles. The summed E-state index contributed by atoms with van der Waals surface area (Å²) < 4.78 is 6.67. The number of phenolic OH excluding ortho intramolecular Hbond substituents is 1. The van der Waals surface area contributed by atoms with Gasteiger partial charge in [-0.05, 0) is 62.2 Å². The van der Waals surface area contributed by atoms with E-state index in [0.29, 0.717) is 0 Å². The van der Waals surface area contributed by atoms with Crippen molar-refractivity contribution < 1.29 is 9.84 Å². The van der Waals surface area contributed by atoms with E-state index in [0.717, 1.165) is 30.7 Å². The van der Waals surface area contributed by atoms with E-state index in [2.05, 4.69) is 62.1 Å². The molecule has 2 aromatic carbocycles. The fraction of sp³-hybridized carbons (Fsp3) is 0.364. The van der Waals surface area contributed by atoms with E-state index < -0.39 is 5.72 Å². The molecule has 2 aromatic rings. The van der Waals surface area contributed by atoms with Gasteiger partial charge in [0.25, 0.3) is 0 Å². The van der Waals surface area contributed by atoms with Crippen LogP contribution in [0.3, 0.4) is 0 Å². The van der Waals surface area contributed by atoms with Gasteiger partial charge in [-0.3, -0.25) is 0 Å². The van der Waals surface area contributed by atoms with Gasteiger partial charge < -0.3 is 14.7 Å². The topological polar surface area (TPSA) is 32.7 Å². The van der Waals surface area contributed by atoms with Crippen molar-refractivity contribution in [3.63, 3.8) is 0 Å². The van der Waals surface area contributed by atoms with Crippen LogP contribution in [-0.2, 0) is 5.41 Å². The van der Waals surface area contributed by atoms with Crippen LogP contribution in [0.2, 0.25) is 0 Å². The molecular formula is C22H25NO2. The summed E-state index contributed by atoms with van der Waals surface area (Å²) in [5.74, 6) is 1.09. The molecule has 0 aromatic heterocycles. The molecule has 4 rings (SSSR count). The van der Waals surface area contributed by atoms with Crippen molar-refractivity contribution >= 4 is 11.8 Å². The van der Waals surface area contributed by atoms with Crippen LogP contribution in [0, 0.1) is 0 Å². The summed E-state index contributed by atoms with van der Waals surface area (Å²) in [6.07, 6.45) is 6.52. The summed E-state index contributed by atoms with van der Waals surface area (Å²) in [7, 11) is 0. The Bertz CT molecular complexity index is 840. The second kappa shape index (κ2) is 5.55. The predicted molar refractivity (Wildman–Crippen MR) is 102 cm³/mol. The van der Waals surface area contributed by atoms with Crippen molar-refractivity contribution in [2.45, 2.75) is 44.8 Å². The second-order valence-electron chi connectivity index (χ2n) is 7.50. The first-order valence-corrected chi connectivity index (χ1v) is 9.08. The highest BCUT2D eigenvalue weighted by molar-refractivity contribution is 5.72. The third-order valence-electron chi connectivity index (χ3n) is 5.65. The van der Waals surface area contributed by atoms with Gasteiger partial charge in [0.1, 0.15) is 11.5 Å². The lowest BCUT2D eigenvalue weighted by Gasteiger charge is -2.47. The number of rotatable bonds is 3. The van der Waals surface area contributed by atoms with Crippen LogP contribution in [0.5, 0.6) is 11.5 Å². The van der Waals surface area contributed by atoms with Crippen LogP contribution in [0.15, 0.2) is 48.5 Å². The van der Waals surface area contributed by atoms with Gasteiger partial charge in [0, 0.05) is 17.8 Å². The molecule has 0 amide bonds. The van der Waals surface area contributed by atoms with Gasteiger partial charge in [-0.15, -0.1) is 0 Å². The van der Waals surface area contributed by atoms with E-state index in [1.54, 1.807) is 12.1 Å². The smallest absolute Gasteiger partial charge is 0.212 e. The first-order valence-electron chi connectivity index (χ1n) is 9.08. The minimum absolute atomic E-state index is 0.191. The zero-order chi connectivity index (χ0) is 17.7. The molecule has 1 atom stereocenters. The molecule has 0 saturated carbocycles. The predicted octanol–water partition coefficient (Wildman–Crippen LogP) is 5.09. The number of ether oxygens (including phenoxy) is 1. The third-order valence-corrected chi connectivity index (χ3v) is 5.65. The van der Waals surface area contributed by atoms with Crippen LogP contribution < -0.4 is 9.64 Å². The Morgan fingerprint density at radius 1 is 1.12 bits per heavy atom. The van der Waals surface area contributed by atoms with E-state index >= 15 is 0 Å². The second-order valence-corrected chi connectivity index (χ2v) is 7.50. The van der Waals surface area contributed by atoms with Crippen molar-refractivity contribution in [3.8, 4) is 11.5 Å². The van der Waals surface area contributed by atoms with E-state index in [1.165, 1.54) is 11.3 Å². The van der Waals surface area contributed by atoms with Gasteiger partial charge in [0.05, 0.1) is 5.41 Å². The number of fused-ring (bicyclic) bond motifs is 2. The van der Waals surface area contributed by atoms with Crippen LogP contribution in [0.25, 0.3) is 6.08 Å². The number of para-hydroxylation sites is 1. The first-order chi connectivity index (χ1) is 12.0. The molecule has 0 saturated heterocycles. The Kier molecular flexibility index (Phi) is 3.57. The standard InChI is InChI=1S/C22H25NO2/c1-4-5-14-23-19-9-7-6-8-18(19)21(2,3)22(23)13-12-16-15-17(24)10-11-20(16)25-22/h6-13,15,24H,4-5,14H2,1-3H3. The van der Waals surface area contributed by atoms with Gasteiger partial charge in [-0.2, -0.15) is 0 Å². The lowest BCUT2D eigenvalue weighted by Crippen LogP contribution is -2.59. The Hall–Kier alpha value is -2.42. The average molecular weight is 335 g/mol. The molecule has 0 aliphatic carbocycles. The number of aromatic hydroxyl groups is 1. The minimum Gasteiger partial charge on any atom is -0.508 e. The molecule has 1 N–H and O–H groups in total. The number of hydrogen-bond donors (Lipinski definition) is 1. The quantitative estimate of drug-likeness (QED) is 0.848. The van der Waals surface area contributed by atoms with Gasteiger partial charge in [0.2, 0.25) is 5.72 Å². The highest BCUT2D eigenvalue weighted by Crippen LogP contribution is 2.55. The number of anilines is 1. The largest absolute Gasteiger partial charge is 0.508 e. The maximum Gasteiger partial charge on any atom is 0.212 e. The summed E-state index contributed by atoms with van der Waals surface area (Å²) in [5, 5.41) is 9.76. The van der Waals surface area contributed by atoms with Crippen molar-refractivity contribution in [1.29, 1.82) is 0 Å². The summed E-state index contributed by atoms with van der Waals surface area (Å²) in [5.41, 5.74) is 2.76. The Morgan fingerprint density at radius 2 is 1.92 bits per heavy atom. The van der Waals surface area contributed by atoms with Gasteiger partial charge in [-0.25, -0.2) is 0 Å². The molecule has 0 fully saturated rings. The van der Waals surface area contributed by atoms with Gasteiger partial charge in [0.15, 0.2) is 0 Å². The van der Waals surface area contributed by atoms with Crippen LogP contribution >= 0.6 is 0 Å². The van der Waals surface area contributed by atoms with Crippen molar-refractivity contribution in [1.82, 2.24) is 0 Å². The number of benzene rings is 2. The maximum absolute atomic E-state index is 9.76. The fourth-order valence-electron chi connectivity index (χ4n) is 4.19. The average Bonchev–Trinajstić information content (AvgIpc) is 2.78. The van der Waals surface area contributed by atoms with Crippen molar-refractivity contribution in [3.05, 3.63) is 59.7 Å². The number of unbranched alkanes of at least 4 members (excludes halogenated alkanes) is 1. The molecule has 130 valence electrons. The fourth-order valence-corrected chi connectivity index (χ4v) is 4.19. The summed E-state index contributed by atoms with van der Waals surface area (Å²) in [6.45, 7) is 7.69. The summed E-state index contributed by atoms with van der Waals surface area (Å²) in [4.78, 5) is 2.41. The minimum atomic E-state index is -0.546. The summed E-state index contributed by atoms with van der Waals surface area (Å²) >= 11 is 0. The monoisotopic (exact) mass is 335 g/mol. The Balaban J connectivity index is 1.86. The third kappa shape index (κ3) is 2.18. The van der Waals surface area contributed by atoms with E-state index in [-0.39, 0.29) is 11.2 Å². The van der Waals surface area contributed by atoms with Crippen LogP contribution in [-0.4, -0.2) is 17.4 Å². The van der Waals surface area contributed by atoms with E-state index in [4.69, 9.17) is 4.74 Å². The molecule has 1 unspecified atom stereocenters. The maximum atomic E-state index is 9.76. The summed E-state index contributed by atoms with van der Waals surface area (Å²) in [6, 6.07) is 13.9. The highest BCUT2D eigenvalue weighted by Gasteiger charge is 2.58. The normalized spacial score (nSPS) is 22.6. The van der Waals surface area contributed by atoms with Crippen LogP contribution in [0.4, 0.5) is 5.69 Å². The van der Waals surface area contributed by atoms with Gasteiger partial charge in [-0.1, -0.05) is 31.5 Å². The first kappa shape index (κ1) is 16.1.